The van der Waals surface area contributed by atoms with Crippen LogP contribution in [0, 0.1) is 16.0 Å². The number of rotatable bonds is 5. The topological polar surface area (TPSA) is 72.2 Å². The first-order valence-electron chi connectivity index (χ1n) is 9.98. The zero-order valence-electron chi connectivity index (χ0n) is 16.4. The summed E-state index contributed by atoms with van der Waals surface area (Å²) in [6, 6.07) is 5.81. The summed E-state index contributed by atoms with van der Waals surface area (Å²) in [6.45, 7) is 1.18. The number of quaternary nitrogens is 1. The minimum absolute atomic E-state index is 0.0353. The second kappa shape index (κ2) is 8.30. The fourth-order valence-electron chi connectivity index (χ4n) is 5.15. The first-order valence-corrected chi connectivity index (χ1v) is 9.98. The molecule has 1 N–H and O–H groups in total. The van der Waals surface area contributed by atoms with Gasteiger partial charge >= 0.3 is 6.18 Å². The number of carbonyl (C=O) groups excluding carboxylic acids is 1. The number of alkyl halides is 3. The molecular formula is C20H27F3N3O3+. The summed E-state index contributed by atoms with van der Waals surface area (Å²) in [5.41, 5.74) is 0.747. The molecule has 2 fully saturated rings. The monoisotopic (exact) mass is 414 g/mol. The number of nitrogens with zero attached hydrogens (tertiary/aromatic N) is 2. The number of halogens is 3. The Morgan fingerprint density at radius 1 is 1.21 bits per heavy atom. The van der Waals surface area contributed by atoms with Crippen molar-refractivity contribution in [2.45, 2.75) is 56.4 Å². The normalized spacial score (nSPS) is 29.4. The van der Waals surface area contributed by atoms with Crippen molar-refractivity contribution in [1.29, 1.82) is 0 Å². The van der Waals surface area contributed by atoms with Gasteiger partial charge in [0.05, 0.1) is 32.6 Å². The van der Waals surface area contributed by atoms with Crippen molar-refractivity contribution in [3.63, 3.8) is 0 Å². The third kappa shape index (κ3) is 4.88. The lowest BCUT2D eigenvalue weighted by Crippen LogP contribution is -2.68. The minimum Gasteiger partial charge on any atom is -0.347 e. The third-order valence-electron chi connectivity index (χ3n) is 6.46. The van der Waals surface area contributed by atoms with E-state index in [1.54, 1.807) is 31.3 Å². The van der Waals surface area contributed by atoms with Gasteiger partial charge in [0, 0.05) is 30.6 Å². The molecule has 29 heavy (non-hydrogen) atoms. The highest BCUT2D eigenvalue weighted by Gasteiger charge is 2.61. The molecule has 1 heterocycles. The largest absolute Gasteiger partial charge is 0.397 e. The predicted molar refractivity (Wildman–Crippen MR) is 101 cm³/mol. The number of hydrogen-bond acceptors (Lipinski definition) is 3. The first kappa shape index (κ1) is 21.5. The maximum absolute atomic E-state index is 14.0. The number of amides is 1. The van der Waals surface area contributed by atoms with E-state index < -0.39 is 47.5 Å². The average molecular weight is 414 g/mol. The molecule has 1 aliphatic heterocycles. The highest BCUT2D eigenvalue weighted by molar-refractivity contribution is 5.78. The number of nitrogens with one attached hydrogen (secondary N) is 1. The Labute approximate surface area is 167 Å². The lowest BCUT2D eigenvalue weighted by molar-refractivity contribution is -0.930. The number of hydrogen-bond donors (Lipinski definition) is 1. The molecule has 2 aliphatic rings. The van der Waals surface area contributed by atoms with Gasteiger partial charge in [-0.1, -0.05) is 30.3 Å². The van der Waals surface area contributed by atoms with Crippen LogP contribution in [0.2, 0.25) is 0 Å². The van der Waals surface area contributed by atoms with E-state index in [0.717, 1.165) is 18.4 Å². The number of benzene rings is 1. The van der Waals surface area contributed by atoms with Crippen molar-refractivity contribution in [1.82, 2.24) is 5.32 Å². The van der Waals surface area contributed by atoms with Crippen molar-refractivity contribution in [2.75, 3.05) is 20.1 Å². The van der Waals surface area contributed by atoms with Gasteiger partial charge in [-0.25, -0.2) is 0 Å². The van der Waals surface area contributed by atoms with Crippen molar-refractivity contribution in [2.24, 2.45) is 5.92 Å². The Morgan fingerprint density at radius 3 is 2.38 bits per heavy atom. The van der Waals surface area contributed by atoms with Gasteiger partial charge in [-0.05, 0) is 5.56 Å². The van der Waals surface area contributed by atoms with Gasteiger partial charge in [0.2, 0.25) is 11.9 Å². The van der Waals surface area contributed by atoms with Crippen LogP contribution in [0.4, 0.5) is 13.2 Å². The summed E-state index contributed by atoms with van der Waals surface area (Å²) >= 11 is 0. The molecule has 3 rings (SSSR count). The maximum atomic E-state index is 14.0. The quantitative estimate of drug-likeness (QED) is 0.458. The zero-order valence-corrected chi connectivity index (χ0v) is 16.4. The minimum atomic E-state index is -4.55. The molecule has 1 saturated heterocycles. The lowest BCUT2D eigenvalue weighted by Gasteiger charge is -2.48. The molecular weight excluding hydrogens is 387 g/mol. The van der Waals surface area contributed by atoms with Crippen LogP contribution in [0.15, 0.2) is 30.3 Å². The Hall–Kier alpha value is -2.16. The summed E-state index contributed by atoms with van der Waals surface area (Å²) in [5.74, 6) is -2.21. The number of likely N-dealkylation sites (tertiary alicyclic amines) is 1. The van der Waals surface area contributed by atoms with Gasteiger partial charge in [0.15, 0.2) is 0 Å². The van der Waals surface area contributed by atoms with Crippen molar-refractivity contribution < 1.29 is 27.4 Å². The van der Waals surface area contributed by atoms with Crippen LogP contribution in [0.3, 0.4) is 0 Å². The molecule has 1 aromatic rings. The molecule has 160 valence electrons. The molecule has 4 atom stereocenters. The second-order valence-electron chi connectivity index (χ2n) is 8.52. The highest BCUT2D eigenvalue weighted by Crippen LogP contribution is 2.44. The Balaban J connectivity index is 1.88. The molecule has 9 heteroatoms. The molecule has 0 spiro atoms. The zero-order chi connectivity index (χ0) is 21.2. The van der Waals surface area contributed by atoms with Gasteiger partial charge in [-0.3, -0.25) is 14.9 Å². The van der Waals surface area contributed by atoms with Gasteiger partial charge < -0.3 is 9.80 Å². The molecule has 2 unspecified atom stereocenters. The number of likely N-dealkylation sites (N-methyl/N-ethyl adjacent to an activating group) is 1. The standard InChI is InChI=1S/C20H26F3N3O3/c1-26(9-5-6-10-26)19-16(20(21,22)23)12-15(25(28)29)13-17(19)24-18(27)11-14-7-3-2-4-8-14/h2-4,7-8,15-17,19H,5-6,9-13H2,1H3/p+1/t15?,16-,17?,19+/m0/s1. The first-order chi connectivity index (χ1) is 13.6. The van der Waals surface area contributed by atoms with Crippen molar-refractivity contribution in [3.05, 3.63) is 46.0 Å². The summed E-state index contributed by atoms with van der Waals surface area (Å²) < 4.78 is 42.1. The summed E-state index contributed by atoms with van der Waals surface area (Å²) in [7, 11) is 1.79. The van der Waals surface area contributed by atoms with E-state index in [1.807, 2.05) is 6.07 Å². The summed E-state index contributed by atoms with van der Waals surface area (Å²) in [4.78, 5) is 23.4. The van der Waals surface area contributed by atoms with E-state index in [9.17, 15) is 28.1 Å². The van der Waals surface area contributed by atoms with Gasteiger partial charge in [0.25, 0.3) is 0 Å². The van der Waals surface area contributed by atoms with E-state index >= 15 is 0 Å². The molecule has 0 bridgehead atoms. The Kier molecular flexibility index (Phi) is 6.16. The van der Waals surface area contributed by atoms with Crippen molar-refractivity contribution >= 4 is 5.91 Å². The smallest absolute Gasteiger partial charge is 0.347 e. The Bertz CT molecular complexity index is 735. The molecule has 0 radical (unpaired) electrons. The van der Waals surface area contributed by atoms with Crippen LogP contribution >= 0.6 is 0 Å². The van der Waals surface area contributed by atoms with Crippen LogP contribution in [-0.2, 0) is 11.2 Å². The van der Waals surface area contributed by atoms with E-state index in [1.165, 1.54) is 0 Å². The van der Waals surface area contributed by atoms with E-state index in [-0.39, 0.29) is 17.3 Å². The van der Waals surface area contributed by atoms with Gasteiger partial charge in [-0.2, -0.15) is 13.2 Å². The molecule has 6 nitrogen and oxygen atoms in total. The van der Waals surface area contributed by atoms with E-state index in [0.29, 0.717) is 13.1 Å². The number of carbonyl (C=O) groups is 1. The van der Waals surface area contributed by atoms with E-state index in [4.69, 9.17) is 0 Å². The highest BCUT2D eigenvalue weighted by atomic mass is 19.4. The molecule has 1 amide bonds. The fraction of sp³-hybridized carbons (Fsp3) is 0.650. The lowest BCUT2D eigenvalue weighted by atomic mass is 9.76. The number of nitro groups is 1. The van der Waals surface area contributed by atoms with Crippen LogP contribution in [0.1, 0.15) is 31.2 Å². The maximum Gasteiger partial charge on any atom is 0.397 e. The molecule has 0 aromatic heterocycles. The second-order valence-corrected chi connectivity index (χ2v) is 8.52. The fourth-order valence-corrected chi connectivity index (χ4v) is 5.15. The summed E-state index contributed by atoms with van der Waals surface area (Å²) in [5, 5.41) is 14.1. The Morgan fingerprint density at radius 2 is 1.83 bits per heavy atom. The average Bonchev–Trinajstić information content (AvgIpc) is 3.08. The summed E-state index contributed by atoms with van der Waals surface area (Å²) in [6.07, 6.45) is -3.47. The van der Waals surface area contributed by atoms with Crippen LogP contribution < -0.4 is 5.32 Å². The molecule has 1 aromatic carbocycles. The van der Waals surface area contributed by atoms with Crippen LogP contribution in [-0.4, -0.2) is 59.8 Å². The predicted octanol–water partition coefficient (Wildman–Crippen LogP) is 2.94. The van der Waals surface area contributed by atoms with Gasteiger partial charge in [0.1, 0.15) is 12.0 Å². The third-order valence-corrected chi connectivity index (χ3v) is 6.46. The molecule has 1 saturated carbocycles. The molecule has 1 aliphatic carbocycles. The van der Waals surface area contributed by atoms with E-state index in [2.05, 4.69) is 5.32 Å². The van der Waals surface area contributed by atoms with Gasteiger partial charge in [-0.15, -0.1) is 0 Å². The van der Waals surface area contributed by atoms with Crippen molar-refractivity contribution in [3.8, 4) is 0 Å². The SMILES string of the molecule is C[N+]1([C@H]2C(NC(=O)Cc3ccccc3)CC([N+](=O)[O-])C[C@@H]2C(F)(F)F)CCCC1. The van der Waals surface area contributed by atoms with Crippen LogP contribution in [0.25, 0.3) is 0 Å². The van der Waals surface area contributed by atoms with Crippen LogP contribution in [0.5, 0.6) is 0 Å².